The second-order valence-electron chi connectivity index (χ2n) is 6.48. The normalized spacial score (nSPS) is 10.5. The predicted octanol–water partition coefficient (Wildman–Crippen LogP) is 3.76. The summed E-state index contributed by atoms with van der Waals surface area (Å²) in [6.07, 6.45) is 1.54. The van der Waals surface area contributed by atoms with Gasteiger partial charge in [0, 0.05) is 17.3 Å². The van der Waals surface area contributed by atoms with Crippen LogP contribution < -0.4 is 20.3 Å². The molecule has 3 aromatic rings. The van der Waals surface area contributed by atoms with Crippen LogP contribution in [0.1, 0.15) is 22.8 Å². The molecule has 1 aromatic heterocycles. The molecule has 0 bridgehead atoms. The molecule has 0 saturated heterocycles. The molecule has 6 nitrogen and oxygen atoms in total. The molecule has 156 valence electrons. The lowest BCUT2D eigenvalue weighted by molar-refractivity contribution is 0.0946. The summed E-state index contributed by atoms with van der Waals surface area (Å²) >= 11 is 6.17. The zero-order valence-electron chi connectivity index (χ0n) is 16.6. The lowest BCUT2D eigenvalue weighted by atomic mass is 10.2. The molecule has 1 amide bonds. The predicted molar refractivity (Wildman–Crippen MR) is 117 cm³/mol. The zero-order chi connectivity index (χ0) is 21.3. The number of nitrogens with zero attached hydrogens (tertiary/aromatic N) is 1. The number of amides is 1. The van der Waals surface area contributed by atoms with Crippen molar-refractivity contribution >= 4 is 17.5 Å². The van der Waals surface area contributed by atoms with Crippen LogP contribution in [0.2, 0.25) is 5.02 Å². The van der Waals surface area contributed by atoms with E-state index >= 15 is 0 Å². The highest BCUT2D eigenvalue weighted by Gasteiger charge is 2.09. The molecule has 0 aliphatic carbocycles. The van der Waals surface area contributed by atoms with E-state index in [1.165, 1.54) is 22.9 Å². The standard InChI is InChI=1S/C23H23ClN2O4/c1-2-29-19-8-10-20(11-9-19)30-14-13-25-23(28)18-7-12-22(27)26(16-18)15-17-5-3-4-6-21(17)24/h3-12,16H,2,13-15H2,1H3,(H,25,28). The molecule has 0 aliphatic rings. The smallest absolute Gasteiger partial charge is 0.252 e. The van der Waals surface area contributed by atoms with Crippen molar-refractivity contribution in [3.05, 3.63) is 93.4 Å². The Balaban J connectivity index is 1.54. The van der Waals surface area contributed by atoms with Crippen LogP contribution in [0.5, 0.6) is 11.5 Å². The molecule has 0 atom stereocenters. The molecular weight excluding hydrogens is 404 g/mol. The molecule has 30 heavy (non-hydrogen) atoms. The van der Waals surface area contributed by atoms with Crippen LogP contribution in [-0.4, -0.2) is 30.2 Å². The van der Waals surface area contributed by atoms with Gasteiger partial charge in [0.1, 0.15) is 18.1 Å². The second-order valence-corrected chi connectivity index (χ2v) is 6.89. The van der Waals surface area contributed by atoms with Gasteiger partial charge in [-0.1, -0.05) is 29.8 Å². The van der Waals surface area contributed by atoms with Crippen molar-refractivity contribution in [3.63, 3.8) is 0 Å². The SMILES string of the molecule is CCOc1ccc(OCCNC(=O)c2ccc(=O)n(Cc3ccccc3Cl)c2)cc1. The van der Waals surface area contributed by atoms with Crippen LogP contribution in [0.3, 0.4) is 0 Å². The van der Waals surface area contributed by atoms with Gasteiger partial charge >= 0.3 is 0 Å². The van der Waals surface area contributed by atoms with Crippen LogP contribution in [0.4, 0.5) is 0 Å². The van der Waals surface area contributed by atoms with Crippen molar-refractivity contribution in [2.24, 2.45) is 0 Å². The van der Waals surface area contributed by atoms with Crippen LogP contribution in [0.15, 0.2) is 71.7 Å². The number of aromatic nitrogens is 1. The zero-order valence-corrected chi connectivity index (χ0v) is 17.4. The molecule has 0 unspecified atom stereocenters. The van der Waals surface area contributed by atoms with Crippen molar-refractivity contribution in [2.75, 3.05) is 19.8 Å². The Labute approximate surface area is 180 Å². The largest absolute Gasteiger partial charge is 0.494 e. The number of carbonyl (C=O) groups excluding carboxylic acids is 1. The van der Waals surface area contributed by atoms with Crippen LogP contribution >= 0.6 is 11.6 Å². The van der Waals surface area contributed by atoms with Gasteiger partial charge in [0.2, 0.25) is 0 Å². The van der Waals surface area contributed by atoms with Gasteiger partial charge in [-0.2, -0.15) is 0 Å². The maximum Gasteiger partial charge on any atom is 0.252 e. The van der Waals surface area contributed by atoms with E-state index in [1.807, 2.05) is 49.4 Å². The number of rotatable bonds is 9. The van der Waals surface area contributed by atoms with Gasteiger partial charge in [0.05, 0.1) is 25.3 Å². The summed E-state index contributed by atoms with van der Waals surface area (Å²) in [5.41, 5.74) is 0.996. The monoisotopic (exact) mass is 426 g/mol. The average Bonchev–Trinajstić information content (AvgIpc) is 2.75. The first kappa shape index (κ1) is 21.5. The van der Waals surface area contributed by atoms with Crippen molar-refractivity contribution in [1.29, 1.82) is 0 Å². The van der Waals surface area contributed by atoms with Gasteiger partial charge in [-0.25, -0.2) is 0 Å². The first-order valence-corrected chi connectivity index (χ1v) is 10.0. The maximum atomic E-state index is 12.4. The summed E-state index contributed by atoms with van der Waals surface area (Å²) in [7, 11) is 0. The van der Waals surface area contributed by atoms with E-state index in [-0.39, 0.29) is 11.5 Å². The summed E-state index contributed by atoms with van der Waals surface area (Å²) in [6.45, 7) is 3.48. The average molecular weight is 427 g/mol. The van der Waals surface area contributed by atoms with Gasteiger partial charge in [-0.15, -0.1) is 0 Å². The molecule has 0 fully saturated rings. The molecule has 0 radical (unpaired) electrons. The number of nitrogens with one attached hydrogen (secondary N) is 1. The molecule has 1 heterocycles. The van der Waals surface area contributed by atoms with Crippen molar-refractivity contribution in [3.8, 4) is 11.5 Å². The van der Waals surface area contributed by atoms with E-state index in [4.69, 9.17) is 21.1 Å². The number of hydrogen-bond donors (Lipinski definition) is 1. The Morgan fingerprint density at radius 1 is 1.00 bits per heavy atom. The van der Waals surface area contributed by atoms with E-state index in [2.05, 4.69) is 5.32 Å². The summed E-state index contributed by atoms with van der Waals surface area (Å²) in [5.74, 6) is 1.20. The molecule has 7 heteroatoms. The summed E-state index contributed by atoms with van der Waals surface area (Å²) in [6, 6.07) is 17.5. The summed E-state index contributed by atoms with van der Waals surface area (Å²) < 4.78 is 12.5. The molecule has 2 aromatic carbocycles. The fourth-order valence-corrected chi connectivity index (χ4v) is 3.03. The second kappa shape index (κ2) is 10.5. The molecule has 1 N–H and O–H groups in total. The first-order valence-electron chi connectivity index (χ1n) is 9.64. The van der Waals surface area contributed by atoms with Crippen LogP contribution in [0, 0.1) is 0 Å². The Morgan fingerprint density at radius 2 is 1.70 bits per heavy atom. The van der Waals surface area contributed by atoms with E-state index < -0.39 is 0 Å². The number of benzene rings is 2. The third-order valence-corrected chi connectivity index (χ3v) is 4.70. The quantitative estimate of drug-likeness (QED) is 0.529. The Kier molecular flexibility index (Phi) is 7.51. The van der Waals surface area contributed by atoms with Crippen molar-refractivity contribution < 1.29 is 14.3 Å². The van der Waals surface area contributed by atoms with Crippen molar-refractivity contribution in [1.82, 2.24) is 9.88 Å². The topological polar surface area (TPSA) is 69.6 Å². The highest BCUT2D eigenvalue weighted by molar-refractivity contribution is 6.31. The molecule has 3 rings (SSSR count). The Morgan fingerprint density at radius 3 is 2.40 bits per heavy atom. The highest BCUT2D eigenvalue weighted by Crippen LogP contribution is 2.17. The fourth-order valence-electron chi connectivity index (χ4n) is 2.83. The van der Waals surface area contributed by atoms with E-state index in [1.54, 1.807) is 6.07 Å². The lowest BCUT2D eigenvalue weighted by Crippen LogP contribution is -2.30. The Bertz CT molecular complexity index is 1050. The lowest BCUT2D eigenvalue weighted by Gasteiger charge is -2.11. The van der Waals surface area contributed by atoms with Gasteiger partial charge in [0.25, 0.3) is 11.5 Å². The van der Waals surface area contributed by atoms with Crippen LogP contribution in [0.25, 0.3) is 0 Å². The number of hydrogen-bond acceptors (Lipinski definition) is 4. The van der Waals surface area contributed by atoms with Gasteiger partial charge in [-0.05, 0) is 48.9 Å². The van der Waals surface area contributed by atoms with E-state index in [0.29, 0.717) is 42.6 Å². The molecule has 0 saturated carbocycles. The van der Waals surface area contributed by atoms with Crippen molar-refractivity contribution in [2.45, 2.75) is 13.5 Å². The first-order chi connectivity index (χ1) is 14.6. The third-order valence-electron chi connectivity index (χ3n) is 4.34. The van der Waals surface area contributed by atoms with E-state index in [0.717, 1.165) is 11.3 Å². The fraction of sp³-hybridized carbons (Fsp3) is 0.217. The summed E-state index contributed by atoms with van der Waals surface area (Å²) in [5, 5.41) is 3.37. The maximum absolute atomic E-state index is 12.4. The third kappa shape index (κ3) is 5.87. The number of pyridine rings is 1. The minimum atomic E-state index is -0.279. The van der Waals surface area contributed by atoms with Gasteiger partial charge in [0.15, 0.2) is 0 Å². The minimum absolute atomic E-state index is 0.203. The van der Waals surface area contributed by atoms with Gasteiger partial charge < -0.3 is 19.4 Å². The number of halogens is 1. The van der Waals surface area contributed by atoms with Gasteiger partial charge in [-0.3, -0.25) is 9.59 Å². The van der Waals surface area contributed by atoms with E-state index in [9.17, 15) is 9.59 Å². The molecule has 0 spiro atoms. The summed E-state index contributed by atoms with van der Waals surface area (Å²) in [4.78, 5) is 24.6. The molecular formula is C23H23ClN2O4. The number of carbonyl (C=O) groups is 1. The number of ether oxygens (including phenoxy) is 2. The Hall–Kier alpha value is -3.25. The molecule has 0 aliphatic heterocycles. The highest BCUT2D eigenvalue weighted by atomic mass is 35.5. The van der Waals surface area contributed by atoms with Crippen LogP contribution in [-0.2, 0) is 6.54 Å². The minimum Gasteiger partial charge on any atom is -0.494 e.